The van der Waals surface area contributed by atoms with Crippen molar-refractivity contribution in [2.75, 3.05) is 6.54 Å². The van der Waals surface area contributed by atoms with Gasteiger partial charge in [0.25, 0.3) is 0 Å². The quantitative estimate of drug-likeness (QED) is 0.841. The van der Waals surface area contributed by atoms with Gasteiger partial charge in [-0.1, -0.05) is 0 Å². The van der Waals surface area contributed by atoms with E-state index in [1.54, 1.807) is 11.9 Å². The fraction of sp³-hybridized carbons (Fsp3) is 0.615. The highest BCUT2D eigenvalue weighted by Gasteiger charge is 2.30. The highest BCUT2D eigenvalue weighted by molar-refractivity contribution is 5.88. The second-order valence-corrected chi connectivity index (χ2v) is 5.85. The van der Waals surface area contributed by atoms with Crippen molar-refractivity contribution >= 4 is 12.1 Å². The predicted molar refractivity (Wildman–Crippen MR) is 70.5 cm³/mol. The lowest BCUT2D eigenvalue weighted by Gasteiger charge is -2.29. The molecule has 1 N–H and O–H groups in total. The monoisotopic (exact) mass is 281 g/mol. The Kier molecular flexibility index (Phi) is 3.45. The lowest BCUT2D eigenvalue weighted by molar-refractivity contribution is 0.0221. The number of aryl methyl sites for hydroxylation is 1. The molecule has 110 valence electrons. The van der Waals surface area contributed by atoms with Gasteiger partial charge in [-0.15, -0.1) is 0 Å². The molecule has 1 aromatic rings. The number of carbonyl (C=O) groups is 2. The Morgan fingerprint density at radius 2 is 2.00 bits per heavy atom. The molecule has 2 rings (SSSR count). The van der Waals surface area contributed by atoms with Gasteiger partial charge in [0.15, 0.2) is 0 Å². The summed E-state index contributed by atoms with van der Waals surface area (Å²) in [4.78, 5) is 24.7. The topological polar surface area (TPSA) is 84.7 Å². The van der Waals surface area contributed by atoms with Gasteiger partial charge in [-0.05, 0) is 27.2 Å². The molecule has 7 heteroatoms. The lowest BCUT2D eigenvalue weighted by Crippen LogP contribution is -2.40. The van der Waals surface area contributed by atoms with Crippen molar-refractivity contribution in [3.63, 3.8) is 0 Å². The standard InChI is InChI=1S/C13H19N3O4/c1-13(2,3)20-12(19)16-6-5-8-9(7-16)14-15(4)10(8)11(17)18/h5-7H2,1-4H3,(H,17,18). The third-order valence-corrected chi connectivity index (χ3v) is 3.06. The first kappa shape index (κ1) is 14.4. The van der Waals surface area contributed by atoms with Crippen LogP contribution in [0, 0.1) is 0 Å². The molecule has 0 atom stereocenters. The van der Waals surface area contributed by atoms with E-state index in [0.717, 1.165) is 0 Å². The van der Waals surface area contributed by atoms with Crippen LogP contribution in [0.4, 0.5) is 4.79 Å². The molecule has 0 bridgehead atoms. The minimum Gasteiger partial charge on any atom is -0.477 e. The van der Waals surface area contributed by atoms with Crippen LogP contribution in [-0.4, -0.2) is 44.0 Å². The van der Waals surface area contributed by atoms with Crippen LogP contribution in [0.3, 0.4) is 0 Å². The average Bonchev–Trinajstić information content (AvgIpc) is 2.61. The predicted octanol–water partition coefficient (Wildman–Crippen LogP) is 1.41. The molecule has 0 fully saturated rings. The second kappa shape index (κ2) is 4.81. The molecular formula is C13H19N3O4. The van der Waals surface area contributed by atoms with Gasteiger partial charge in [0.1, 0.15) is 11.3 Å². The van der Waals surface area contributed by atoms with Crippen molar-refractivity contribution in [3.8, 4) is 0 Å². The zero-order valence-electron chi connectivity index (χ0n) is 12.1. The number of amides is 1. The molecule has 20 heavy (non-hydrogen) atoms. The van der Waals surface area contributed by atoms with E-state index < -0.39 is 17.7 Å². The maximum Gasteiger partial charge on any atom is 0.410 e. The number of carbonyl (C=O) groups excluding carboxylic acids is 1. The zero-order chi connectivity index (χ0) is 15.1. The number of hydrogen-bond acceptors (Lipinski definition) is 4. The van der Waals surface area contributed by atoms with Gasteiger partial charge in [-0.2, -0.15) is 5.10 Å². The Morgan fingerprint density at radius 3 is 2.55 bits per heavy atom. The molecule has 0 aliphatic carbocycles. The average molecular weight is 281 g/mol. The number of ether oxygens (including phenoxy) is 1. The first-order valence-electron chi connectivity index (χ1n) is 6.45. The first-order valence-corrected chi connectivity index (χ1v) is 6.45. The highest BCUT2D eigenvalue weighted by Crippen LogP contribution is 2.23. The van der Waals surface area contributed by atoms with Crippen molar-refractivity contribution in [1.82, 2.24) is 14.7 Å². The van der Waals surface area contributed by atoms with Gasteiger partial charge >= 0.3 is 12.1 Å². The molecule has 0 spiro atoms. The van der Waals surface area contributed by atoms with E-state index in [0.29, 0.717) is 24.2 Å². The van der Waals surface area contributed by atoms with Gasteiger partial charge in [0.05, 0.1) is 12.2 Å². The lowest BCUT2D eigenvalue weighted by atomic mass is 10.0. The summed E-state index contributed by atoms with van der Waals surface area (Å²) in [6.07, 6.45) is 0.0787. The zero-order valence-corrected chi connectivity index (χ0v) is 12.1. The number of nitrogens with zero attached hydrogens (tertiary/aromatic N) is 3. The summed E-state index contributed by atoms with van der Waals surface area (Å²) in [6, 6.07) is 0. The fourth-order valence-electron chi connectivity index (χ4n) is 2.27. The molecular weight excluding hydrogens is 262 g/mol. The van der Waals surface area contributed by atoms with Crippen molar-refractivity contribution in [2.24, 2.45) is 7.05 Å². The van der Waals surface area contributed by atoms with Crippen LogP contribution < -0.4 is 0 Å². The Bertz CT molecular complexity index is 557. The van der Waals surface area contributed by atoms with Crippen LogP contribution in [0.5, 0.6) is 0 Å². The molecule has 0 radical (unpaired) electrons. The summed E-state index contributed by atoms with van der Waals surface area (Å²) < 4.78 is 6.67. The van der Waals surface area contributed by atoms with Gasteiger partial charge < -0.3 is 14.7 Å². The summed E-state index contributed by atoms with van der Waals surface area (Å²) in [6.45, 7) is 6.15. The van der Waals surface area contributed by atoms with Gasteiger partial charge in [0.2, 0.25) is 0 Å². The van der Waals surface area contributed by atoms with Crippen molar-refractivity contribution < 1.29 is 19.4 Å². The molecule has 0 unspecified atom stereocenters. The summed E-state index contributed by atoms with van der Waals surface area (Å²) in [5.41, 5.74) is 0.985. The van der Waals surface area contributed by atoms with E-state index in [9.17, 15) is 14.7 Å². The van der Waals surface area contributed by atoms with E-state index >= 15 is 0 Å². The van der Waals surface area contributed by atoms with Crippen molar-refractivity contribution in [1.29, 1.82) is 0 Å². The minimum absolute atomic E-state index is 0.198. The third-order valence-electron chi connectivity index (χ3n) is 3.06. The van der Waals surface area contributed by atoms with Crippen LogP contribution in [0.2, 0.25) is 0 Å². The Balaban J connectivity index is 2.18. The van der Waals surface area contributed by atoms with Crippen LogP contribution >= 0.6 is 0 Å². The fourth-order valence-corrected chi connectivity index (χ4v) is 2.27. The SMILES string of the molecule is Cn1nc2c(c1C(=O)O)CCN(C(=O)OC(C)(C)C)C2. The van der Waals surface area contributed by atoms with Crippen LogP contribution in [0.1, 0.15) is 42.5 Å². The molecule has 1 amide bonds. The smallest absolute Gasteiger partial charge is 0.410 e. The van der Waals surface area contributed by atoms with Crippen molar-refractivity contribution in [3.05, 3.63) is 17.0 Å². The molecule has 2 heterocycles. The number of fused-ring (bicyclic) bond motifs is 1. The van der Waals surface area contributed by atoms with E-state index in [1.807, 2.05) is 20.8 Å². The van der Waals surface area contributed by atoms with E-state index in [1.165, 1.54) is 4.68 Å². The Morgan fingerprint density at radius 1 is 1.35 bits per heavy atom. The maximum atomic E-state index is 12.0. The van der Waals surface area contributed by atoms with Crippen LogP contribution in [-0.2, 0) is 24.8 Å². The van der Waals surface area contributed by atoms with Crippen LogP contribution in [0.25, 0.3) is 0 Å². The van der Waals surface area contributed by atoms with Crippen molar-refractivity contribution in [2.45, 2.75) is 39.3 Å². The van der Waals surface area contributed by atoms with E-state index in [-0.39, 0.29) is 12.2 Å². The summed E-state index contributed by atoms with van der Waals surface area (Å²) in [5, 5.41) is 13.4. The molecule has 1 aromatic heterocycles. The van der Waals surface area contributed by atoms with Gasteiger partial charge in [-0.25, -0.2) is 9.59 Å². The minimum atomic E-state index is -0.994. The Labute approximate surface area is 117 Å². The van der Waals surface area contributed by atoms with E-state index in [2.05, 4.69) is 5.10 Å². The molecule has 0 aromatic carbocycles. The molecule has 1 aliphatic rings. The summed E-state index contributed by atoms with van der Waals surface area (Å²) in [7, 11) is 1.60. The highest BCUT2D eigenvalue weighted by atomic mass is 16.6. The number of aromatic carboxylic acids is 1. The summed E-state index contributed by atoms with van der Waals surface area (Å²) in [5.74, 6) is -0.994. The number of rotatable bonds is 1. The second-order valence-electron chi connectivity index (χ2n) is 5.85. The number of hydrogen-bond donors (Lipinski definition) is 1. The largest absolute Gasteiger partial charge is 0.477 e. The molecule has 0 saturated carbocycles. The number of aromatic nitrogens is 2. The Hall–Kier alpha value is -2.05. The molecule has 7 nitrogen and oxygen atoms in total. The maximum absolute atomic E-state index is 12.0. The van der Waals surface area contributed by atoms with Gasteiger partial charge in [-0.3, -0.25) is 4.68 Å². The third kappa shape index (κ3) is 2.76. The summed E-state index contributed by atoms with van der Waals surface area (Å²) >= 11 is 0. The van der Waals surface area contributed by atoms with E-state index in [4.69, 9.17) is 4.74 Å². The number of carboxylic acid groups (broad SMARTS) is 1. The normalized spacial score (nSPS) is 14.9. The van der Waals surface area contributed by atoms with Crippen LogP contribution in [0.15, 0.2) is 0 Å². The number of carboxylic acids is 1. The van der Waals surface area contributed by atoms with Gasteiger partial charge in [0, 0.05) is 19.2 Å². The molecule has 0 saturated heterocycles. The molecule has 1 aliphatic heterocycles. The first-order chi connectivity index (χ1) is 9.19.